The first-order valence-corrected chi connectivity index (χ1v) is 9.15. The van der Waals surface area contributed by atoms with Gasteiger partial charge in [-0.25, -0.2) is 23.2 Å². The molecule has 0 saturated heterocycles. The van der Waals surface area contributed by atoms with Gasteiger partial charge in [0, 0.05) is 31.0 Å². The minimum atomic E-state index is -4.00. The molecule has 0 radical (unpaired) electrons. The Labute approximate surface area is 153 Å². The first-order valence-electron chi connectivity index (χ1n) is 7.71. The smallest absolute Gasteiger partial charge is 0.270 e. The van der Waals surface area contributed by atoms with Crippen LogP contribution < -0.4 is 9.79 Å². The van der Waals surface area contributed by atoms with E-state index in [1.54, 1.807) is 6.07 Å². The number of fused-ring (bicyclic) bond motifs is 1. The van der Waals surface area contributed by atoms with Gasteiger partial charge in [-0.15, -0.1) is 0 Å². The van der Waals surface area contributed by atoms with E-state index in [1.165, 1.54) is 36.0 Å². The average Bonchev–Trinajstić information content (AvgIpc) is 3.10. The van der Waals surface area contributed by atoms with Crippen molar-refractivity contribution in [2.24, 2.45) is 0 Å². The molecular weight excluding hydrogens is 376 g/mol. The van der Waals surface area contributed by atoms with Crippen molar-refractivity contribution in [3.8, 4) is 0 Å². The fourth-order valence-electron chi connectivity index (χ4n) is 2.68. The summed E-state index contributed by atoms with van der Waals surface area (Å²) in [6, 6.07) is 6.53. The number of nitrogens with one attached hydrogen (secondary N) is 1. The van der Waals surface area contributed by atoms with Gasteiger partial charge in [-0.1, -0.05) is 6.07 Å². The maximum absolute atomic E-state index is 12.9. The summed E-state index contributed by atoms with van der Waals surface area (Å²) in [6.07, 6.45) is 4.33. The van der Waals surface area contributed by atoms with Crippen LogP contribution in [0.1, 0.15) is 11.1 Å². The molecule has 2 N–H and O–H groups in total. The highest BCUT2D eigenvalue weighted by molar-refractivity contribution is 7.92. The van der Waals surface area contributed by atoms with E-state index in [0.29, 0.717) is 17.5 Å². The van der Waals surface area contributed by atoms with Crippen LogP contribution in [0.4, 0.5) is 11.5 Å². The lowest BCUT2D eigenvalue weighted by Gasteiger charge is -2.18. The van der Waals surface area contributed by atoms with Crippen molar-refractivity contribution in [1.29, 1.82) is 0 Å². The Morgan fingerprint density at radius 3 is 2.85 bits per heavy atom. The maximum Gasteiger partial charge on any atom is 0.270 e. The number of rotatable bonds is 5. The number of anilines is 1. The highest BCUT2D eigenvalue weighted by Crippen LogP contribution is 2.32. The van der Waals surface area contributed by atoms with Crippen molar-refractivity contribution in [3.63, 3.8) is 0 Å². The largest absolute Gasteiger partial charge is 0.288 e. The van der Waals surface area contributed by atoms with E-state index < -0.39 is 20.9 Å². The summed E-state index contributed by atoms with van der Waals surface area (Å²) in [5.74, 6) is -0.462. The van der Waals surface area contributed by atoms with Crippen molar-refractivity contribution >= 4 is 33.5 Å². The van der Waals surface area contributed by atoms with Crippen LogP contribution in [0.15, 0.2) is 47.5 Å². The van der Waals surface area contributed by atoms with E-state index in [9.17, 15) is 23.3 Å². The van der Waals surface area contributed by atoms with E-state index in [1.807, 2.05) is 0 Å². The molecule has 0 fully saturated rings. The molecule has 3 rings (SSSR count). The molecule has 27 heavy (non-hydrogen) atoms. The molecule has 0 saturated carbocycles. The number of hydrogen-bond acceptors (Lipinski definition) is 7. The second-order valence-corrected chi connectivity index (χ2v) is 7.50. The Bertz CT molecular complexity index is 1050. The summed E-state index contributed by atoms with van der Waals surface area (Å²) in [5.41, 5.74) is 2.37. The standard InChI is InChI=1S/C16H14N4O6S/c21-15(18-22)5-4-11-8-12-6-7-19(16(12)17-10-11)27(25,26)14-3-1-2-13(9-14)20(23)24/h1-5,8-10,22H,6-7H2,(H,18,21)/b5-4+. The number of pyridine rings is 1. The number of nitrogens with zero attached hydrogens (tertiary/aromatic N) is 3. The topological polar surface area (TPSA) is 143 Å². The predicted molar refractivity (Wildman–Crippen MR) is 94.5 cm³/mol. The molecule has 2 heterocycles. The average molecular weight is 390 g/mol. The molecule has 1 aliphatic rings. The Morgan fingerprint density at radius 1 is 1.37 bits per heavy atom. The van der Waals surface area contributed by atoms with Gasteiger partial charge < -0.3 is 0 Å². The molecule has 0 bridgehead atoms. The lowest BCUT2D eigenvalue weighted by atomic mass is 10.1. The third-order valence-electron chi connectivity index (χ3n) is 3.94. The highest BCUT2D eigenvalue weighted by atomic mass is 32.2. The molecule has 1 aromatic carbocycles. The molecule has 0 aliphatic carbocycles. The monoisotopic (exact) mass is 390 g/mol. The van der Waals surface area contributed by atoms with E-state index in [-0.39, 0.29) is 22.9 Å². The van der Waals surface area contributed by atoms with Crippen molar-refractivity contribution < 1.29 is 23.3 Å². The molecular formula is C16H14N4O6S. The number of sulfonamides is 1. The number of carbonyl (C=O) groups excluding carboxylic acids is 1. The van der Waals surface area contributed by atoms with Crippen LogP contribution in [0.2, 0.25) is 0 Å². The molecule has 1 aromatic heterocycles. The summed E-state index contributed by atoms with van der Waals surface area (Å²) in [7, 11) is -4.00. The van der Waals surface area contributed by atoms with E-state index in [2.05, 4.69) is 4.98 Å². The molecule has 0 atom stereocenters. The molecule has 0 spiro atoms. The van der Waals surface area contributed by atoms with Gasteiger partial charge in [0.2, 0.25) is 0 Å². The summed E-state index contributed by atoms with van der Waals surface area (Å²) in [6.45, 7) is 0.150. The van der Waals surface area contributed by atoms with Crippen LogP contribution >= 0.6 is 0 Å². The second kappa shape index (κ2) is 7.13. The van der Waals surface area contributed by atoms with Crippen LogP contribution in [-0.4, -0.2) is 36.0 Å². The van der Waals surface area contributed by atoms with Crippen LogP contribution in [0.25, 0.3) is 6.08 Å². The van der Waals surface area contributed by atoms with Crippen LogP contribution in [0, 0.1) is 10.1 Å². The molecule has 10 nitrogen and oxygen atoms in total. The minimum Gasteiger partial charge on any atom is -0.288 e. The van der Waals surface area contributed by atoms with Gasteiger partial charge in [0.15, 0.2) is 0 Å². The van der Waals surface area contributed by atoms with Gasteiger partial charge in [-0.3, -0.25) is 20.1 Å². The van der Waals surface area contributed by atoms with Gasteiger partial charge in [0.1, 0.15) is 5.82 Å². The highest BCUT2D eigenvalue weighted by Gasteiger charge is 2.32. The number of hydrogen-bond donors (Lipinski definition) is 2. The quantitative estimate of drug-likeness (QED) is 0.338. The van der Waals surface area contributed by atoms with Crippen LogP contribution in [0.5, 0.6) is 0 Å². The summed E-state index contributed by atoms with van der Waals surface area (Å²) in [5, 5.41) is 19.4. The Hall–Kier alpha value is -3.31. The molecule has 2 aromatic rings. The lowest BCUT2D eigenvalue weighted by Crippen LogP contribution is -2.29. The minimum absolute atomic E-state index is 0.150. The number of hydroxylamine groups is 1. The van der Waals surface area contributed by atoms with Crippen LogP contribution in [-0.2, 0) is 21.2 Å². The van der Waals surface area contributed by atoms with Crippen molar-refractivity contribution in [2.75, 3.05) is 10.8 Å². The van der Waals surface area contributed by atoms with Gasteiger partial charge in [-0.2, -0.15) is 0 Å². The number of aromatic nitrogens is 1. The maximum atomic E-state index is 12.9. The zero-order valence-corrected chi connectivity index (χ0v) is 14.6. The predicted octanol–water partition coefficient (Wildman–Crippen LogP) is 1.26. The van der Waals surface area contributed by atoms with Crippen molar-refractivity contribution in [1.82, 2.24) is 10.5 Å². The number of amides is 1. The van der Waals surface area contributed by atoms with E-state index in [4.69, 9.17) is 5.21 Å². The van der Waals surface area contributed by atoms with Gasteiger partial charge >= 0.3 is 0 Å². The van der Waals surface area contributed by atoms with Gasteiger partial charge in [-0.05, 0) is 35.8 Å². The van der Waals surface area contributed by atoms with Gasteiger partial charge in [0.25, 0.3) is 21.6 Å². The number of nitro benzene ring substituents is 1. The van der Waals surface area contributed by atoms with Crippen molar-refractivity contribution in [3.05, 3.63) is 63.8 Å². The molecule has 140 valence electrons. The third kappa shape index (κ3) is 3.64. The van der Waals surface area contributed by atoms with Gasteiger partial charge in [0.05, 0.1) is 9.82 Å². The number of non-ortho nitro benzene ring substituents is 1. The summed E-state index contributed by atoms with van der Waals surface area (Å²) in [4.78, 5) is 25.3. The van der Waals surface area contributed by atoms with E-state index >= 15 is 0 Å². The number of nitro groups is 1. The Balaban J connectivity index is 1.93. The molecule has 0 unspecified atom stereocenters. The molecule has 1 amide bonds. The second-order valence-electron chi connectivity index (χ2n) is 5.64. The normalized spacial score (nSPS) is 13.6. The summed E-state index contributed by atoms with van der Waals surface area (Å²) < 4.78 is 26.9. The van der Waals surface area contributed by atoms with Crippen molar-refractivity contribution in [2.45, 2.75) is 11.3 Å². The summed E-state index contributed by atoms with van der Waals surface area (Å²) >= 11 is 0. The first-order chi connectivity index (χ1) is 12.8. The Morgan fingerprint density at radius 2 is 2.15 bits per heavy atom. The fourth-order valence-corrected chi connectivity index (χ4v) is 4.18. The molecule has 11 heteroatoms. The lowest BCUT2D eigenvalue weighted by molar-refractivity contribution is -0.385. The van der Waals surface area contributed by atoms with E-state index in [0.717, 1.165) is 16.4 Å². The zero-order chi connectivity index (χ0) is 19.6. The van der Waals surface area contributed by atoms with Crippen LogP contribution in [0.3, 0.4) is 0 Å². The Kier molecular flexibility index (Phi) is 4.88. The zero-order valence-electron chi connectivity index (χ0n) is 13.8. The SMILES string of the molecule is O=C(/C=C/c1cnc2c(c1)CCN2S(=O)(=O)c1cccc([N+](=O)[O-])c1)NO. The third-order valence-corrected chi connectivity index (χ3v) is 5.72. The first kappa shape index (κ1) is 18.5. The molecule has 1 aliphatic heterocycles. The number of carbonyl (C=O) groups is 1. The fraction of sp³-hybridized carbons (Fsp3) is 0.125. The number of benzene rings is 1.